The van der Waals surface area contributed by atoms with Crippen molar-refractivity contribution in [2.24, 2.45) is 5.73 Å². The van der Waals surface area contributed by atoms with Gasteiger partial charge in [0.05, 0.1) is 5.70 Å². The maximum absolute atomic E-state index is 5.20. The van der Waals surface area contributed by atoms with Gasteiger partial charge in [-0.1, -0.05) is 0 Å². The van der Waals surface area contributed by atoms with Crippen molar-refractivity contribution < 1.29 is 9.78 Å². The Morgan fingerprint density at radius 2 is 2.29 bits per heavy atom. The average Bonchev–Trinajstić information content (AvgIpc) is 1.69. The second kappa shape index (κ2) is 1.55. The van der Waals surface area contributed by atoms with Crippen LogP contribution in [0.25, 0.3) is 0 Å². The van der Waals surface area contributed by atoms with Crippen LogP contribution in [0.1, 0.15) is 0 Å². The second-order valence-corrected chi connectivity index (χ2v) is 1.11. The van der Waals surface area contributed by atoms with Crippen LogP contribution in [0.4, 0.5) is 0 Å². The third kappa shape index (κ3) is 0.855. The van der Waals surface area contributed by atoms with E-state index in [1.807, 2.05) is 0 Å². The van der Waals surface area contributed by atoms with Gasteiger partial charge in [-0.05, 0) is 0 Å². The van der Waals surface area contributed by atoms with Gasteiger partial charge in [0.1, 0.15) is 6.26 Å². The van der Waals surface area contributed by atoms with E-state index in [0.29, 0.717) is 5.70 Å². The summed E-state index contributed by atoms with van der Waals surface area (Å²) < 4.78 is 0. The van der Waals surface area contributed by atoms with E-state index in [2.05, 4.69) is 9.78 Å². The van der Waals surface area contributed by atoms with Crippen LogP contribution in [-0.4, -0.2) is 0 Å². The average molecular weight is 99.1 g/mol. The standard InChI is InChI=1S/C4H5NO2/c5-4-1-2-6-7-3-4/h1-3H,5H2. The van der Waals surface area contributed by atoms with E-state index in [0.717, 1.165) is 0 Å². The highest BCUT2D eigenvalue weighted by atomic mass is 17.2. The lowest BCUT2D eigenvalue weighted by molar-refractivity contribution is -0.199. The Bertz CT molecular complexity index is 117. The van der Waals surface area contributed by atoms with Crippen LogP contribution < -0.4 is 5.73 Å². The first kappa shape index (κ1) is 4.05. The molecule has 3 heteroatoms. The number of allylic oxidation sites excluding steroid dienone is 1. The Morgan fingerprint density at radius 1 is 1.43 bits per heavy atom. The van der Waals surface area contributed by atoms with Crippen molar-refractivity contribution in [1.82, 2.24) is 0 Å². The summed E-state index contributed by atoms with van der Waals surface area (Å²) in [6.07, 6.45) is 4.29. The summed E-state index contributed by atoms with van der Waals surface area (Å²) >= 11 is 0. The van der Waals surface area contributed by atoms with Crippen LogP contribution >= 0.6 is 0 Å². The fraction of sp³-hybridized carbons (Fsp3) is 0. The SMILES string of the molecule is NC1=COOC=C1. The number of hydrogen-bond acceptors (Lipinski definition) is 3. The summed E-state index contributed by atoms with van der Waals surface area (Å²) in [5.41, 5.74) is 5.77. The molecule has 0 radical (unpaired) electrons. The molecule has 0 atom stereocenters. The van der Waals surface area contributed by atoms with Gasteiger partial charge in [-0.2, -0.15) is 0 Å². The minimum atomic E-state index is 0.561. The van der Waals surface area contributed by atoms with Crippen molar-refractivity contribution >= 4 is 0 Å². The maximum Gasteiger partial charge on any atom is 0.165 e. The highest BCUT2D eigenvalue weighted by Gasteiger charge is 1.87. The molecular weight excluding hydrogens is 94.0 g/mol. The molecule has 0 aromatic carbocycles. The quantitative estimate of drug-likeness (QED) is 0.443. The van der Waals surface area contributed by atoms with E-state index in [-0.39, 0.29) is 0 Å². The molecule has 3 nitrogen and oxygen atoms in total. The molecule has 2 N–H and O–H groups in total. The Balaban J connectivity index is 2.58. The molecule has 7 heavy (non-hydrogen) atoms. The van der Waals surface area contributed by atoms with Crippen LogP contribution in [0.2, 0.25) is 0 Å². The molecule has 38 valence electrons. The smallest absolute Gasteiger partial charge is 0.165 e. The zero-order valence-corrected chi connectivity index (χ0v) is 3.63. The highest BCUT2D eigenvalue weighted by Crippen LogP contribution is 1.95. The first-order chi connectivity index (χ1) is 3.39. The third-order valence-electron chi connectivity index (χ3n) is 0.556. The first-order valence-electron chi connectivity index (χ1n) is 1.84. The third-order valence-corrected chi connectivity index (χ3v) is 0.556. The zero-order valence-electron chi connectivity index (χ0n) is 3.63. The molecule has 1 heterocycles. The minimum Gasteiger partial charge on any atom is -0.396 e. The lowest BCUT2D eigenvalue weighted by Gasteiger charge is -2.00. The number of hydrogen-bond donors (Lipinski definition) is 1. The number of nitrogens with two attached hydrogens (primary N) is 1. The molecule has 0 aliphatic carbocycles. The van der Waals surface area contributed by atoms with Crippen LogP contribution in [0, 0.1) is 0 Å². The molecule has 0 saturated heterocycles. The summed E-state index contributed by atoms with van der Waals surface area (Å²) in [5, 5.41) is 0. The van der Waals surface area contributed by atoms with E-state index in [1.54, 1.807) is 6.08 Å². The van der Waals surface area contributed by atoms with Gasteiger partial charge in [0.25, 0.3) is 0 Å². The largest absolute Gasteiger partial charge is 0.396 e. The summed E-state index contributed by atoms with van der Waals surface area (Å²) in [5.74, 6) is 0. The van der Waals surface area contributed by atoms with E-state index in [9.17, 15) is 0 Å². The fourth-order valence-corrected chi connectivity index (χ4v) is 0.261. The van der Waals surface area contributed by atoms with E-state index < -0.39 is 0 Å². The van der Waals surface area contributed by atoms with Gasteiger partial charge in [-0.3, -0.25) is 9.78 Å². The number of rotatable bonds is 0. The summed E-state index contributed by atoms with van der Waals surface area (Å²) in [6.45, 7) is 0. The van der Waals surface area contributed by atoms with Crippen molar-refractivity contribution in [3.63, 3.8) is 0 Å². The molecule has 0 unspecified atom stereocenters. The molecular formula is C4H5NO2. The lowest BCUT2D eigenvalue weighted by atomic mass is 10.5. The predicted octanol–water partition coefficient (Wildman–Crippen LogP) is 0.262. The molecule has 0 fully saturated rings. The van der Waals surface area contributed by atoms with Crippen LogP contribution in [0.5, 0.6) is 0 Å². The zero-order chi connectivity index (χ0) is 5.11. The van der Waals surface area contributed by atoms with Gasteiger partial charge in [0, 0.05) is 6.08 Å². The molecule has 0 saturated carbocycles. The molecule has 1 rings (SSSR count). The van der Waals surface area contributed by atoms with Crippen LogP contribution in [0.3, 0.4) is 0 Å². The molecule has 1 aliphatic rings. The van der Waals surface area contributed by atoms with Gasteiger partial charge in [-0.25, -0.2) is 0 Å². The molecule has 0 aromatic rings. The van der Waals surface area contributed by atoms with Gasteiger partial charge in [0.2, 0.25) is 0 Å². The predicted molar refractivity (Wildman–Crippen MR) is 23.6 cm³/mol. The summed E-state index contributed by atoms with van der Waals surface area (Å²) in [4.78, 5) is 8.61. The van der Waals surface area contributed by atoms with Crippen molar-refractivity contribution in [3.8, 4) is 0 Å². The van der Waals surface area contributed by atoms with E-state index in [4.69, 9.17) is 5.73 Å². The van der Waals surface area contributed by atoms with Crippen molar-refractivity contribution in [1.29, 1.82) is 0 Å². The molecule has 0 aromatic heterocycles. The topological polar surface area (TPSA) is 44.5 Å². The summed E-state index contributed by atoms with van der Waals surface area (Å²) in [6, 6.07) is 0. The van der Waals surface area contributed by atoms with Gasteiger partial charge >= 0.3 is 0 Å². The maximum atomic E-state index is 5.20. The monoisotopic (exact) mass is 99.0 g/mol. The van der Waals surface area contributed by atoms with E-state index >= 15 is 0 Å². The lowest BCUT2D eigenvalue weighted by Crippen LogP contribution is -1.97. The Hall–Kier alpha value is -1.12. The molecule has 0 amide bonds. The first-order valence-corrected chi connectivity index (χ1v) is 1.84. The minimum absolute atomic E-state index is 0.561. The molecule has 1 aliphatic heterocycles. The van der Waals surface area contributed by atoms with Crippen LogP contribution in [0.15, 0.2) is 24.3 Å². The normalized spacial score (nSPS) is 16.9. The Kier molecular flexibility index (Phi) is 0.898. The van der Waals surface area contributed by atoms with Crippen molar-refractivity contribution in [2.75, 3.05) is 0 Å². The van der Waals surface area contributed by atoms with Gasteiger partial charge in [0.15, 0.2) is 6.26 Å². The highest BCUT2D eigenvalue weighted by molar-refractivity contribution is 5.10. The van der Waals surface area contributed by atoms with Crippen molar-refractivity contribution in [2.45, 2.75) is 0 Å². The van der Waals surface area contributed by atoms with Gasteiger partial charge < -0.3 is 5.73 Å². The van der Waals surface area contributed by atoms with Crippen LogP contribution in [-0.2, 0) is 9.78 Å². The van der Waals surface area contributed by atoms with Crippen molar-refractivity contribution in [3.05, 3.63) is 24.3 Å². The molecule has 0 spiro atoms. The Labute approximate surface area is 40.9 Å². The Morgan fingerprint density at radius 3 is 2.57 bits per heavy atom. The van der Waals surface area contributed by atoms with Gasteiger partial charge in [-0.15, -0.1) is 0 Å². The molecule has 0 bridgehead atoms. The fourth-order valence-electron chi connectivity index (χ4n) is 0.261. The summed E-state index contributed by atoms with van der Waals surface area (Å²) in [7, 11) is 0. The second-order valence-electron chi connectivity index (χ2n) is 1.11. The van der Waals surface area contributed by atoms with E-state index in [1.165, 1.54) is 12.5 Å².